The average molecular weight is 429 g/mol. The highest BCUT2D eigenvalue weighted by atomic mass is 16.6. The van der Waals surface area contributed by atoms with Gasteiger partial charge in [-0.1, -0.05) is 12.8 Å². The van der Waals surface area contributed by atoms with Crippen molar-refractivity contribution in [3.8, 4) is 0 Å². The van der Waals surface area contributed by atoms with E-state index in [-0.39, 0.29) is 18.0 Å². The summed E-state index contributed by atoms with van der Waals surface area (Å²) in [7, 11) is 1.64. The van der Waals surface area contributed by atoms with Gasteiger partial charge in [-0.2, -0.15) is 0 Å². The molecule has 2 aliphatic rings. The monoisotopic (exact) mass is 428 g/mol. The van der Waals surface area contributed by atoms with Gasteiger partial charge in [0.2, 0.25) is 0 Å². The number of hydrogen-bond acceptors (Lipinski definition) is 7. The van der Waals surface area contributed by atoms with E-state index in [4.69, 9.17) is 15.5 Å². The Morgan fingerprint density at radius 2 is 2.03 bits per heavy atom. The number of carbonyl (C=O) groups is 2. The van der Waals surface area contributed by atoms with Crippen LogP contribution in [0.4, 0.5) is 10.6 Å². The van der Waals surface area contributed by atoms with Crippen molar-refractivity contribution in [2.75, 3.05) is 12.4 Å². The predicted molar refractivity (Wildman–Crippen MR) is 121 cm³/mol. The van der Waals surface area contributed by atoms with Crippen molar-refractivity contribution in [1.29, 1.82) is 0 Å². The van der Waals surface area contributed by atoms with Crippen LogP contribution in [0.5, 0.6) is 0 Å². The van der Waals surface area contributed by atoms with Crippen LogP contribution < -0.4 is 21.7 Å². The molecule has 0 aromatic carbocycles. The van der Waals surface area contributed by atoms with E-state index < -0.39 is 11.7 Å². The fraction of sp³-hybridized carbons (Fsp3) is 0.545. The maximum absolute atomic E-state index is 12.4. The molecule has 3 rings (SSSR count). The van der Waals surface area contributed by atoms with Gasteiger partial charge >= 0.3 is 6.09 Å². The lowest BCUT2D eigenvalue weighted by Crippen LogP contribution is -2.49. The van der Waals surface area contributed by atoms with Gasteiger partial charge in [0.15, 0.2) is 0 Å². The summed E-state index contributed by atoms with van der Waals surface area (Å²) in [6, 6.07) is 1.80. The molecule has 5 N–H and O–H groups in total. The maximum Gasteiger partial charge on any atom is 0.407 e. The minimum atomic E-state index is -0.552. The Balaban J connectivity index is 1.85. The van der Waals surface area contributed by atoms with E-state index in [9.17, 15) is 9.59 Å². The molecule has 31 heavy (non-hydrogen) atoms. The summed E-state index contributed by atoms with van der Waals surface area (Å²) in [5.74, 6) is 0.465. The number of ether oxygens (including phenoxy) is 1. The highest BCUT2D eigenvalue weighted by molar-refractivity contribution is 6.14. The van der Waals surface area contributed by atoms with Crippen LogP contribution in [0.3, 0.4) is 0 Å². The fourth-order valence-corrected chi connectivity index (χ4v) is 3.98. The normalized spacial score (nSPS) is 21.5. The maximum atomic E-state index is 12.4. The first-order chi connectivity index (χ1) is 14.7. The van der Waals surface area contributed by atoms with Gasteiger partial charge < -0.3 is 26.4 Å². The van der Waals surface area contributed by atoms with E-state index in [0.717, 1.165) is 31.2 Å². The van der Waals surface area contributed by atoms with Gasteiger partial charge in [0.05, 0.1) is 17.3 Å². The molecule has 1 aromatic rings. The van der Waals surface area contributed by atoms with Crippen LogP contribution >= 0.6 is 0 Å². The molecule has 0 spiro atoms. The van der Waals surface area contributed by atoms with E-state index >= 15 is 0 Å². The highest BCUT2D eigenvalue weighted by Gasteiger charge is 2.30. The van der Waals surface area contributed by atoms with Gasteiger partial charge in [0.1, 0.15) is 11.4 Å². The molecule has 168 valence electrons. The van der Waals surface area contributed by atoms with Crippen LogP contribution in [0.25, 0.3) is 5.57 Å². The number of allylic oxidation sites excluding steroid dienone is 1. The van der Waals surface area contributed by atoms with Crippen LogP contribution in [-0.2, 0) is 11.3 Å². The Kier molecular flexibility index (Phi) is 6.82. The lowest BCUT2D eigenvalue weighted by atomic mass is 9.90. The van der Waals surface area contributed by atoms with E-state index in [0.29, 0.717) is 29.2 Å². The quantitative estimate of drug-likeness (QED) is 0.533. The topological polar surface area (TPSA) is 131 Å². The van der Waals surface area contributed by atoms with Crippen molar-refractivity contribution in [3.63, 3.8) is 0 Å². The number of carbonyl (C=O) groups excluding carboxylic acids is 2. The third-order valence-electron chi connectivity index (χ3n) is 5.29. The molecule has 9 nitrogen and oxygen atoms in total. The van der Waals surface area contributed by atoms with Crippen molar-refractivity contribution in [1.82, 2.24) is 15.6 Å². The van der Waals surface area contributed by atoms with Gasteiger partial charge in [-0.15, -0.1) is 0 Å². The van der Waals surface area contributed by atoms with Gasteiger partial charge in [0.25, 0.3) is 5.91 Å². The summed E-state index contributed by atoms with van der Waals surface area (Å²) in [5.41, 5.74) is 7.68. The Hall–Kier alpha value is -3.10. The van der Waals surface area contributed by atoms with E-state index in [1.807, 2.05) is 26.8 Å². The summed E-state index contributed by atoms with van der Waals surface area (Å²) in [5, 5.41) is 9.32. The van der Waals surface area contributed by atoms with E-state index in [1.165, 1.54) is 6.20 Å². The second-order valence-corrected chi connectivity index (χ2v) is 8.87. The molecule has 0 bridgehead atoms. The second-order valence-electron chi connectivity index (χ2n) is 8.87. The number of nitrogens with two attached hydrogens (primary N) is 1. The molecule has 0 saturated heterocycles. The zero-order chi connectivity index (χ0) is 22.6. The molecule has 0 radical (unpaired) electrons. The number of amides is 2. The molecule has 2 amide bonds. The van der Waals surface area contributed by atoms with Crippen LogP contribution in [0, 0.1) is 0 Å². The van der Waals surface area contributed by atoms with Crippen molar-refractivity contribution in [3.05, 3.63) is 29.1 Å². The first-order valence-electron chi connectivity index (χ1n) is 10.6. The van der Waals surface area contributed by atoms with E-state index in [1.54, 1.807) is 13.3 Å². The zero-order valence-electron chi connectivity index (χ0n) is 18.6. The summed E-state index contributed by atoms with van der Waals surface area (Å²) >= 11 is 0. The first-order valence-corrected chi connectivity index (χ1v) is 10.6. The van der Waals surface area contributed by atoms with Crippen molar-refractivity contribution in [2.45, 2.75) is 70.7 Å². The molecule has 2 unspecified atom stereocenters. The number of aliphatic imine (C=N–C) groups is 1. The Bertz CT molecular complexity index is 903. The summed E-state index contributed by atoms with van der Waals surface area (Å²) in [6.45, 7) is 5.97. The Morgan fingerprint density at radius 1 is 1.32 bits per heavy atom. The van der Waals surface area contributed by atoms with Gasteiger partial charge in [-0.3, -0.25) is 9.79 Å². The standard InChI is InChI=1S/C22H32N6O3/c1-22(2,3)31-21(30)27-16-8-6-5-7-15(16)26-17-9-13-12-25-20(29)18(13)19(28-17)14(10-23)11-24-4/h9-11,15-16H,5-8,12,23H2,1-4H3,(H,25,29)(H,26,28)(H,27,30). The molecule has 1 fully saturated rings. The Morgan fingerprint density at radius 3 is 2.68 bits per heavy atom. The van der Waals surface area contributed by atoms with Crippen LogP contribution in [-0.4, -0.2) is 47.9 Å². The number of pyridine rings is 1. The summed E-state index contributed by atoms with van der Waals surface area (Å²) in [4.78, 5) is 33.4. The molecule has 1 aliphatic heterocycles. The predicted octanol–water partition coefficient (Wildman–Crippen LogP) is 2.57. The van der Waals surface area contributed by atoms with Crippen LogP contribution in [0.1, 0.15) is 68.1 Å². The summed E-state index contributed by atoms with van der Waals surface area (Å²) in [6.07, 6.45) is 6.40. The number of nitrogens with zero attached hydrogens (tertiary/aromatic N) is 2. The smallest absolute Gasteiger partial charge is 0.407 e. The summed E-state index contributed by atoms with van der Waals surface area (Å²) < 4.78 is 5.43. The number of fused-ring (bicyclic) bond motifs is 1. The molecule has 1 saturated carbocycles. The number of anilines is 1. The van der Waals surface area contributed by atoms with Crippen molar-refractivity contribution >= 4 is 29.6 Å². The SMILES string of the molecule is CN=CC(=CN)c1nc(NC2CCCCC2NC(=O)OC(C)(C)C)cc2c1C(=O)NC2. The number of aromatic nitrogens is 1. The van der Waals surface area contributed by atoms with Gasteiger partial charge in [0, 0.05) is 37.6 Å². The van der Waals surface area contributed by atoms with Crippen molar-refractivity contribution < 1.29 is 14.3 Å². The average Bonchev–Trinajstić information content (AvgIpc) is 3.06. The largest absolute Gasteiger partial charge is 0.444 e. The lowest BCUT2D eigenvalue weighted by molar-refractivity contribution is 0.0488. The zero-order valence-corrected chi connectivity index (χ0v) is 18.6. The third-order valence-corrected chi connectivity index (χ3v) is 5.29. The van der Waals surface area contributed by atoms with E-state index in [2.05, 4.69) is 20.9 Å². The third kappa shape index (κ3) is 5.53. The number of alkyl carbamates (subject to hydrolysis) is 1. The fourth-order valence-electron chi connectivity index (χ4n) is 3.98. The van der Waals surface area contributed by atoms with Gasteiger partial charge in [-0.25, -0.2) is 9.78 Å². The Labute approximate surface area is 182 Å². The lowest BCUT2D eigenvalue weighted by Gasteiger charge is -2.34. The minimum absolute atomic E-state index is 0.00474. The van der Waals surface area contributed by atoms with Crippen molar-refractivity contribution in [2.24, 2.45) is 10.7 Å². The van der Waals surface area contributed by atoms with Crippen LogP contribution in [0.2, 0.25) is 0 Å². The van der Waals surface area contributed by atoms with Crippen LogP contribution in [0.15, 0.2) is 17.3 Å². The number of rotatable bonds is 5. The first kappa shape index (κ1) is 22.6. The number of nitrogens with one attached hydrogen (secondary N) is 3. The molecular weight excluding hydrogens is 396 g/mol. The minimum Gasteiger partial charge on any atom is -0.444 e. The number of hydrogen-bond donors (Lipinski definition) is 4. The second kappa shape index (κ2) is 9.36. The van der Waals surface area contributed by atoms with Gasteiger partial charge in [-0.05, 0) is 45.2 Å². The highest BCUT2D eigenvalue weighted by Crippen LogP contribution is 2.28. The molecule has 2 heterocycles. The molecular formula is C22H32N6O3. The molecule has 9 heteroatoms. The molecule has 1 aliphatic carbocycles. The molecule has 2 atom stereocenters. The molecule has 1 aromatic heterocycles.